The van der Waals surface area contributed by atoms with Crippen LogP contribution in [0.4, 0.5) is 0 Å². The highest BCUT2D eigenvalue weighted by Gasteiger charge is 2.17. The van der Waals surface area contributed by atoms with E-state index in [-0.39, 0.29) is 0 Å². The molecule has 1 aromatic rings. The number of hydrogen-bond acceptors (Lipinski definition) is 3. The molecule has 3 heteroatoms. The third-order valence-corrected chi connectivity index (χ3v) is 3.69. The fourth-order valence-electron chi connectivity index (χ4n) is 2.23. The topological polar surface area (TPSA) is 37.0 Å². The van der Waals surface area contributed by atoms with Gasteiger partial charge in [0.05, 0.1) is 0 Å². The van der Waals surface area contributed by atoms with Crippen molar-refractivity contribution in [1.29, 1.82) is 0 Å². The molecule has 1 aliphatic rings. The number of hydrogen-bond donors (Lipinski definition) is 2. The minimum absolute atomic E-state index is 0.724. The molecule has 1 aromatic heterocycles. The van der Waals surface area contributed by atoms with Crippen molar-refractivity contribution < 1.29 is 0 Å². The van der Waals surface area contributed by atoms with Crippen molar-refractivity contribution in [2.24, 2.45) is 5.92 Å². The van der Waals surface area contributed by atoms with Crippen molar-refractivity contribution in [2.75, 3.05) is 13.6 Å². The summed E-state index contributed by atoms with van der Waals surface area (Å²) >= 11 is 0. The van der Waals surface area contributed by atoms with Crippen LogP contribution < -0.4 is 10.6 Å². The van der Waals surface area contributed by atoms with Gasteiger partial charge in [0, 0.05) is 25.0 Å². The molecule has 0 spiro atoms. The summed E-state index contributed by atoms with van der Waals surface area (Å²) < 4.78 is 0. The molecule has 0 unspecified atom stereocenters. The van der Waals surface area contributed by atoms with Gasteiger partial charge in [-0.15, -0.1) is 0 Å². The highest BCUT2D eigenvalue weighted by atomic mass is 14.9. The first-order valence-electron chi connectivity index (χ1n) is 8.53. The van der Waals surface area contributed by atoms with E-state index in [1.54, 1.807) is 0 Å². The second kappa shape index (κ2) is 14.0. The molecule has 2 N–H and O–H groups in total. The summed E-state index contributed by atoms with van der Waals surface area (Å²) in [5.41, 5.74) is 1.29. The summed E-state index contributed by atoms with van der Waals surface area (Å²) in [6.07, 6.45) is 9.20. The summed E-state index contributed by atoms with van der Waals surface area (Å²) in [6, 6.07) is 4.85. The second-order valence-corrected chi connectivity index (χ2v) is 5.41. The van der Waals surface area contributed by atoms with Gasteiger partial charge in [-0.25, -0.2) is 0 Å². The first-order chi connectivity index (χ1) is 10.3. The predicted molar refractivity (Wildman–Crippen MR) is 93.4 cm³/mol. The Balaban J connectivity index is 0.000000579. The molecule has 0 saturated heterocycles. The van der Waals surface area contributed by atoms with Crippen LogP contribution in [0.15, 0.2) is 24.5 Å². The summed E-state index contributed by atoms with van der Waals surface area (Å²) in [5, 5.41) is 6.55. The maximum Gasteiger partial charge on any atom is 0.0312 e. The Morgan fingerprint density at radius 3 is 2.29 bits per heavy atom. The Bertz CT molecular complexity index is 303. The molecule has 0 aromatic carbocycles. The van der Waals surface area contributed by atoms with Crippen LogP contribution in [0.3, 0.4) is 0 Å². The van der Waals surface area contributed by atoms with Crippen LogP contribution in [0.1, 0.15) is 58.9 Å². The Kier molecular flexibility index (Phi) is 13.4. The van der Waals surface area contributed by atoms with E-state index in [4.69, 9.17) is 0 Å². The largest absolute Gasteiger partial charge is 0.320 e. The van der Waals surface area contributed by atoms with Gasteiger partial charge in [0.2, 0.25) is 0 Å². The average Bonchev–Trinajstić information content (AvgIpc) is 2.57. The summed E-state index contributed by atoms with van der Waals surface area (Å²) in [5.74, 6) is 0.932. The smallest absolute Gasteiger partial charge is 0.0312 e. The van der Waals surface area contributed by atoms with E-state index < -0.39 is 0 Å². The van der Waals surface area contributed by atoms with Gasteiger partial charge in [0.1, 0.15) is 0 Å². The van der Waals surface area contributed by atoms with Crippen molar-refractivity contribution in [1.82, 2.24) is 15.6 Å². The Hall–Kier alpha value is -0.930. The van der Waals surface area contributed by atoms with Gasteiger partial charge in [-0.05, 0) is 56.8 Å². The molecule has 0 bridgehead atoms. The summed E-state index contributed by atoms with van der Waals surface area (Å²) in [7, 11) is 1.93. The molecule has 1 heterocycles. The Labute approximate surface area is 132 Å². The number of pyridine rings is 1. The molecule has 2 rings (SSSR count). The average molecular weight is 293 g/mol. The van der Waals surface area contributed by atoms with Crippen LogP contribution in [0.25, 0.3) is 0 Å². The molecule has 1 aliphatic carbocycles. The van der Waals surface area contributed by atoms with Crippen LogP contribution >= 0.6 is 0 Å². The SMILES string of the molecule is CC.CC1CCC(NCc2cccnc2)CC1.CCNC. The van der Waals surface area contributed by atoms with Gasteiger partial charge in [-0.1, -0.05) is 33.8 Å². The number of nitrogens with zero attached hydrogens (tertiary/aromatic N) is 1. The molecular formula is C18H35N3. The fraction of sp³-hybridized carbons (Fsp3) is 0.722. The van der Waals surface area contributed by atoms with Crippen LogP contribution in [0.5, 0.6) is 0 Å². The highest BCUT2D eigenvalue weighted by Crippen LogP contribution is 2.23. The van der Waals surface area contributed by atoms with Gasteiger partial charge in [0.15, 0.2) is 0 Å². The molecule has 1 saturated carbocycles. The maximum absolute atomic E-state index is 4.12. The molecule has 0 amide bonds. The first kappa shape index (κ1) is 20.1. The zero-order chi connectivity index (χ0) is 15.9. The monoisotopic (exact) mass is 293 g/mol. The molecule has 1 fully saturated rings. The molecule has 0 radical (unpaired) electrons. The van der Waals surface area contributed by atoms with Crippen molar-refractivity contribution in [3.8, 4) is 0 Å². The minimum Gasteiger partial charge on any atom is -0.320 e. The van der Waals surface area contributed by atoms with Crippen molar-refractivity contribution in [3.63, 3.8) is 0 Å². The van der Waals surface area contributed by atoms with Crippen LogP contribution in [-0.2, 0) is 6.54 Å². The Morgan fingerprint density at radius 2 is 1.81 bits per heavy atom. The highest BCUT2D eigenvalue weighted by molar-refractivity contribution is 5.08. The number of rotatable bonds is 4. The van der Waals surface area contributed by atoms with Crippen molar-refractivity contribution in [2.45, 2.75) is 66.0 Å². The lowest BCUT2D eigenvalue weighted by Gasteiger charge is -2.27. The van der Waals surface area contributed by atoms with Crippen molar-refractivity contribution >= 4 is 0 Å². The van der Waals surface area contributed by atoms with Crippen LogP contribution in [-0.4, -0.2) is 24.6 Å². The van der Waals surface area contributed by atoms with E-state index >= 15 is 0 Å². The standard InChI is InChI=1S/C13H20N2.C3H9N.C2H6/c1-11-4-6-13(7-5-11)15-10-12-3-2-8-14-9-12;1-3-4-2;1-2/h2-3,8-9,11,13,15H,4-7,10H2,1H3;4H,3H2,1-2H3;1-2H3. The van der Waals surface area contributed by atoms with E-state index in [2.05, 4.69) is 35.5 Å². The molecule has 3 nitrogen and oxygen atoms in total. The zero-order valence-corrected chi connectivity index (χ0v) is 14.7. The van der Waals surface area contributed by atoms with Crippen LogP contribution in [0, 0.1) is 5.92 Å². The Morgan fingerprint density at radius 1 is 1.19 bits per heavy atom. The quantitative estimate of drug-likeness (QED) is 0.881. The van der Waals surface area contributed by atoms with Gasteiger partial charge < -0.3 is 10.6 Å². The minimum atomic E-state index is 0.724. The van der Waals surface area contributed by atoms with Gasteiger partial charge >= 0.3 is 0 Å². The van der Waals surface area contributed by atoms with E-state index in [1.807, 2.05) is 39.4 Å². The van der Waals surface area contributed by atoms with E-state index in [0.717, 1.165) is 25.0 Å². The van der Waals surface area contributed by atoms with Crippen LogP contribution in [0.2, 0.25) is 0 Å². The lowest BCUT2D eigenvalue weighted by atomic mass is 9.87. The third kappa shape index (κ3) is 10.4. The van der Waals surface area contributed by atoms with Gasteiger partial charge in [-0.2, -0.15) is 0 Å². The van der Waals surface area contributed by atoms with E-state index in [9.17, 15) is 0 Å². The van der Waals surface area contributed by atoms with Crippen molar-refractivity contribution in [3.05, 3.63) is 30.1 Å². The lowest BCUT2D eigenvalue weighted by molar-refractivity contribution is 0.306. The molecule has 0 aliphatic heterocycles. The predicted octanol–water partition coefficient (Wildman–Crippen LogP) is 4.00. The lowest BCUT2D eigenvalue weighted by Crippen LogP contribution is -2.32. The molecule has 0 atom stereocenters. The summed E-state index contributed by atoms with van der Waals surface area (Å²) in [6.45, 7) is 10.5. The zero-order valence-electron chi connectivity index (χ0n) is 14.7. The fourth-order valence-corrected chi connectivity index (χ4v) is 2.23. The maximum atomic E-state index is 4.12. The molecule has 122 valence electrons. The van der Waals surface area contributed by atoms with E-state index in [1.165, 1.54) is 31.2 Å². The van der Waals surface area contributed by atoms with Gasteiger partial charge in [-0.3, -0.25) is 4.98 Å². The first-order valence-corrected chi connectivity index (χ1v) is 8.53. The normalized spacial score (nSPS) is 20.6. The second-order valence-electron chi connectivity index (χ2n) is 5.41. The number of nitrogens with one attached hydrogen (secondary N) is 2. The molecular weight excluding hydrogens is 258 g/mol. The number of aromatic nitrogens is 1. The summed E-state index contributed by atoms with van der Waals surface area (Å²) in [4.78, 5) is 4.12. The third-order valence-electron chi connectivity index (χ3n) is 3.69. The van der Waals surface area contributed by atoms with E-state index in [0.29, 0.717) is 0 Å². The molecule has 21 heavy (non-hydrogen) atoms. The van der Waals surface area contributed by atoms with Gasteiger partial charge in [0.25, 0.3) is 0 Å².